The average Bonchev–Trinajstić information content (AvgIpc) is 3.02. The molecule has 0 saturated carbocycles. The average molecular weight is 549 g/mol. The van der Waals surface area contributed by atoms with Crippen LogP contribution in [0.5, 0.6) is 0 Å². The zero-order valence-electron chi connectivity index (χ0n) is 24.1. The molecule has 41 heavy (non-hydrogen) atoms. The molecule has 4 aromatic rings. The van der Waals surface area contributed by atoms with Crippen LogP contribution >= 0.6 is 0 Å². The van der Waals surface area contributed by atoms with E-state index in [1.807, 2.05) is 6.07 Å². The second-order valence-corrected chi connectivity index (χ2v) is 11.7. The third-order valence-electron chi connectivity index (χ3n) is 8.69. The number of hydrogen-bond acceptors (Lipinski definition) is 4. The number of nitrogens with one attached hydrogen (secondary N) is 1. The summed E-state index contributed by atoms with van der Waals surface area (Å²) in [7, 11) is 0. The summed E-state index contributed by atoms with van der Waals surface area (Å²) in [6.45, 7) is 6.90. The van der Waals surface area contributed by atoms with E-state index >= 15 is 0 Å². The van der Waals surface area contributed by atoms with E-state index in [0.29, 0.717) is 0 Å². The number of ether oxygens (including phenoxy) is 1. The van der Waals surface area contributed by atoms with Crippen LogP contribution in [-0.2, 0) is 28.7 Å². The summed E-state index contributed by atoms with van der Waals surface area (Å²) in [6.07, 6.45) is 3.34. The van der Waals surface area contributed by atoms with Gasteiger partial charge in [-0.3, -0.25) is 4.90 Å². The van der Waals surface area contributed by atoms with Crippen molar-refractivity contribution in [2.75, 3.05) is 39.5 Å². The van der Waals surface area contributed by atoms with Crippen LogP contribution in [0.15, 0.2) is 121 Å². The second-order valence-electron chi connectivity index (χ2n) is 11.7. The zero-order chi connectivity index (χ0) is 28.2. The monoisotopic (exact) mass is 548 g/mol. The summed E-state index contributed by atoms with van der Waals surface area (Å²) >= 11 is 0. The lowest BCUT2D eigenvalue weighted by Crippen LogP contribution is -2.48. The van der Waals surface area contributed by atoms with Crippen molar-refractivity contribution in [1.29, 1.82) is 0 Å². The van der Waals surface area contributed by atoms with E-state index in [1.54, 1.807) is 0 Å². The fraction of sp³-hybridized carbons (Fsp3) is 0.351. The van der Waals surface area contributed by atoms with Gasteiger partial charge in [0.25, 0.3) is 0 Å². The van der Waals surface area contributed by atoms with Crippen molar-refractivity contribution in [1.82, 2.24) is 10.2 Å². The van der Waals surface area contributed by atoms with Gasteiger partial charge >= 0.3 is 0 Å². The number of piperidine rings is 1. The van der Waals surface area contributed by atoms with Gasteiger partial charge in [-0.2, -0.15) is 0 Å². The van der Waals surface area contributed by atoms with Gasteiger partial charge in [0.1, 0.15) is 0 Å². The van der Waals surface area contributed by atoms with Crippen LogP contribution in [0.1, 0.15) is 41.5 Å². The molecule has 0 unspecified atom stereocenters. The van der Waals surface area contributed by atoms with Gasteiger partial charge in [0.05, 0.1) is 19.8 Å². The van der Waals surface area contributed by atoms with E-state index in [9.17, 15) is 5.11 Å². The van der Waals surface area contributed by atoms with E-state index in [0.717, 1.165) is 65.2 Å². The van der Waals surface area contributed by atoms with Crippen molar-refractivity contribution >= 4 is 0 Å². The smallest absolute Gasteiger partial charge is 0.0586 e. The molecule has 4 nitrogen and oxygen atoms in total. The Bertz CT molecular complexity index is 1280. The molecule has 0 bridgehead atoms. The number of hydrogen-bond donors (Lipinski definition) is 2. The van der Waals surface area contributed by atoms with Gasteiger partial charge in [-0.15, -0.1) is 0 Å². The Kier molecular flexibility index (Phi) is 10.4. The maximum Gasteiger partial charge on any atom is 0.0586 e. The van der Waals surface area contributed by atoms with Gasteiger partial charge in [0.2, 0.25) is 0 Å². The Morgan fingerprint density at radius 1 is 0.683 bits per heavy atom. The van der Waals surface area contributed by atoms with Crippen molar-refractivity contribution in [3.05, 3.63) is 144 Å². The summed E-state index contributed by atoms with van der Waals surface area (Å²) in [6, 6.07) is 42.4. The molecule has 0 aliphatic carbocycles. The fourth-order valence-electron chi connectivity index (χ4n) is 6.20. The fourth-order valence-corrected chi connectivity index (χ4v) is 6.20. The number of rotatable bonds is 10. The first-order chi connectivity index (χ1) is 20.2. The van der Waals surface area contributed by atoms with E-state index in [1.165, 1.54) is 22.3 Å². The summed E-state index contributed by atoms with van der Waals surface area (Å²) in [5, 5.41) is 13.6. The van der Waals surface area contributed by atoms with Gasteiger partial charge in [-0.05, 0) is 54.6 Å². The number of likely N-dealkylation sites (tertiary alicyclic amines) is 1. The van der Waals surface area contributed by atoms with Crippen LogP contribution in [0.4, 0.5) is 0 Å². The molecular formula is C37H44N2O2. The van der Waals surface area contributed by atoms with E-state index in [-0.39, 0.29) is 17.4 Å². The summed E-state index contributed by atoms with van der Waals surface area (Å²) in [5.74, 6) is 0. The van der Waals surface area contributed by atoms with E-state index in [4.69, 9.17) is 4.74 Å². The summed E-state index contributed by atoms with van der Waals surface area (Å²) in [4.78, 5) is 2.47. The predicted molar refractivity (Wildman–Crippen MR) is 168 cm³/mol. The molecule has 2 saturated heterocycles. The lowest BCUT2D eigenvalue weighted by molar-refractivity contribution is -0.0640. The first kappa shape index (κ1) is 29.2. The van der Waals surface area contributed by atoms with Crippen molar-refractivity contribution in [3.8, 4) is 0 Å². The quantitative estimate of drug-likeness (QED) is 0.227. The normalized spacial score (nSPS) is 19.9. The minimum atomic E-state index is -0.103. The molecule has 2 aliphatic heterocycles. The number of nitrogens with zero attached hydrogens (tertiary/aromatic N) is 1. The van der Waals surface area contributed by atoms with E-state index < -0.39 is 0 Å². The molecule has 2 aliphatic rings. The highest BCUT2D eigenvalue weighted by atomic mass is 16.5. The van der Waals surface area contributed by atoms with Gasteiger partial charge in [0, 0.05) is 30.5 Å². The third-order valence-corrected chi connectivity index (χ3v) is 8.69. The Balaban J connectivity index is 0.000000165. The Morgan fingerprint density at radius 2 is 1.22 bits per heavy atom. The van der Waals surface area contributed by atoms with Crippen LogP contribution in [0.3, 0.4) is 0 Å². The lowest BCUT2D eigenvalue weighted by atomic mass is 9.74. The molecule has 6 rings (SSSR count). The van der Waals surface area contributed by atoms with Gasteiger partial charge in [0.15, 0.2) is 0 Å². The van der Waals surface area contributed by atoms with Crippen molar-refractivity contribution in [2.45, 2.75) is 43.2 Å². The van der Waals surface area contributed by atoms with Crippen molar-refractivity contribution < 1.29 is 9.84 Å². The Morgan fingerprint density at radius 3 is 1.76 bits per heavy atom. The SMILES string of the molecule is OC[C@]1(c2ccccc2)CCCN(Cc2ccccc2)C1.c1ccc(CNCCC2(c3ccccc3)COC2)cc1. The highest BCUT2D eigenvalue weighted by molar-refractivity contribution is 5.29. The topological polar surface area (TPSA) is 44.7 Å². The zero-order valence-corrected chi connectivity index (χ0v) is 24.1. The van der Waals surface area contributed by atoms with Crippen LogP contribution in [0.2, 0.25) is 0 Å². The minimum absolute atomic E-state index is 0.103. The lowest BCUT2D eigenvalue weighted by Gasteiger charge is -2.42. The molecular weight excluding hydrogens is 504 g/mol. The largest absolute Gasteiger partial charge is 0.395 e. The first-order valence-electron chi connectivity index (χ1n) is 15.0. The molecule has 4 heteroatoms. The molecule has 4 aromatic carbocycles. The third kappa shape index (κ3) is 7.72. The Labute approximate surface area is 246 Å². The molecule has 2 heterocycles. The highest BCUT2D eigenvalue weighted by Crippen LogP contribution is 2.36. The molecule has 0 amide bonds. The van der Waals surface area contributed by atoms with Crippen LogP contribution in [-0.4, -0.2) is 49.5 Å². The van der Waals surface area contributed by atoms with Crippen molar-refractivity contribution in [3.63, 3.8) is 0 Å². The molecule has 0 radical (unpaired) electrons. The summed E-state index contributed by atoms with van der Waals surface area (Å²) in [5.41, 5.74) is 5.49. The number of aliphatic hydroxyl groups excluding tert-OH is 1. The Hall–Kier alpha value is -3.28. The second kappa shape index (κ2) is 14.6. The molecule has 0 aromatic heterocycles. The molecule has 1 atom stereocenters. The standard InChI is InChI=1S/C19H23NO.C18H21NO/c21-16-19(18-10-5-2-6-11-18)12-7-13-20(15-19)14-17-8-3-1-4-9-17;1-3-7-16(8-4-1)13-19-12-11-18(14-20-15-18)17-9-5-2-6-10-17/h1-6,8-11,21H,7,12-16H2;1-10,19H,11-15H2/t19-;/m0./s1. The van der Waals surface area contributed by atoms with Gasteiger partial charge in [-0.1, -0.05) is 121 Å². The van der Waals surface area contributed by atoms with Crippen LogP contribution < -0.4 is 5.32 Å². The molecule has 0 spiro atoms. The minimum Gasteiger partial charge on any atom is -0.395 e. The van der Waals surface area contributed by atoms with Crippen molar-refractivity contribution in [2.24, 2.45) is 0 Å². The molecule has 2 N–H and O–H groups in total. The number of benzene rings is 4. The maximum absolute atomic E-state index is 10.1. The van der Waals surface area contributed by atoms with Gasteiger partial charge < -0.3 is 15.2 Å². The van der Waals surface area contributed by atoms with E-state index in [2.05, 4.69) is 125 Å². The molecule has 214 valence electrons. The maximum atomic E-state index is 10.1. The first-order valence-corrected chi connectivity index (χ1v) is 15.0. The summed E-state index contributed by atoms with van der Waals surface area (Å²) < 4.78 is 5.48. The van der Waals surface area contributed by atoms with Crippen LogP contribution in [0.25, 0.3) is 0 Å². The predicted octanol–water partition coefficient (Wildman–Crippen LogP) is 6.35. The molecule has 2 fully saturated rings. The van der Waals surface area contributed by atoms with Gasteiger partial charge in [-0.25, -0.2) is 0 Å². The number of aliphatic hydroxyl groups is 1. The highest BCUT2D eigenvalue weighted by Gasteiger charge is 2.39. The van der Waals surface area contributed by atoms with Crippen LogP contribution in [0, 0.1) is 0 Å².